The molecule has 0 bridgehead atoms. The Bertz CT molecular complexity index is 401. The average molecular weight is 217 g/mol. The fraction of sp³-hybridized carbons (Fsp3) is 0.385. The van der Waals surface area contributed by atoms with Crippen molar-refractivity contribution >= 4 is 12.3 Å². The summed E-state index contributed by atoms with van der Waals surface area (Å²) in [5.74, 6) is 0.203. The van der Waals surface area contributed by atoms with Crippen LogP contribution in [0, 0.1) is 5.92 Å². The Labute approximate surface area is 94.9 Å². The summed E-state index contributed by atoms with van der Waals surface area (Å²) in [6, 6.07) is 8.36. The molecule has 0 saturated heterocycles. The zero-order chi connectivity index (χ0) is 11.4. The van der Waals surface area contributed by atoms with Crippen LogP contribution in [-0.2, 0) is 22.4 Å². The molecule has 1 aromatic carbocycles. The van der Waals surface area contributed by atoms with Crippen LogP contribution in [0.5, 0.6) is 0 Å². The van der Waals surface area contributed by atoms with Crippen molar-refractivity contribution in [1.29, 1.82) is 0 Å². The van der Waals surface area contributed by atoms with Gasteiger partial charge in [0, 0.05) is 6.42 Å². The first-order chi connectivity index (χ1) is 7.79. The lowest BCUT2D eigenvalue weighted by atomic mass is 9.82. The Morgan fingerprint density at radius 1 is 1.38 bits per heavy atom. The summed E-state index contributed by atoms with van der Waals surface area (Å²) in [4.78, 5) is 21.4. The number of rotatable bonds is 3. The number of hydrogen-bond donors (Lipinski definition) is 1. The lowest BCUT2D eigenvalue weighted by molar-refractivity contribution is -0.126. The van der Waals surface area contributed by atoms with Gasteiger partial charge in [-0.25, -0.2) is 0 Å². The quantitative estimate of drug-likeness (QED) is 0.779. The summed E-state index contributed by atoms with van der Waals surface area (Å²) >= 11 is 0. The van der Waals surface area contributed by atoms with Crippen LogP contribution in [0.4, 0.5) is 0 Å². The van der Waals surface area contributed by atoms with Crippen molar-refractivity contribution in [1.82, 2.24) is 5.32 Å². The number of hydrogen-bond acceptors (Lipinski definition) is 2. The predicted octanol–water partition coefficient (Wildman–Crippen LogP) is 1.45. The van der Waals surface area contributed by atoms with Crippen molar-refractivity contribution in [2.45, 2.75) is 25.7 Å². The Morgan fingerprint density at radius 2 is 2.12 bits per heavy atom. The van der Waals surface area contributed by atoms with Crippen molar-refractivity contribution in [3.05, 3.63) is 35.4 Å². The van der Waals surface area contributed by atoms with E-state index in [-0.39, 0.29) is 5.91 Å². The van der Waals surface area contributed by atoms with Gasteiger partial charge in [0.2, 0.25) is 12.3 Å². The number of imide groups is 1. The number of amides is 2. The summed E-state index contributed by atoms with van der Waals surface area (Å²) in [6.45, 7) is 0. The molecule has 0 aliphatic heterocycles. The molecule has 16 heavy (non-hydrogen) atoms. The first-order valence-corrected chi connectivity index (χ1v) is 5.59. The van der Waals surface area contributed by atoms with E-state index in [1.54, 1.807) is 0 Å². The van der Waals surface area contributed by atoms with E-state index in [0.29, 0.717) is 18.7 Å². The van der Waals surface area contributed by atoms with Gasteiger partial charge in [-0.05, 0) is 36.3 Å². The Kier molecular flexibility index (Phi) is 3.34. The second-order valence-corrected chi connectivity index (χ2v) is 4.27. The molecule has 1 N–H and O–H groups in total. The standard InChI is InChI=1S/C13H15NO2/c15-9-14-13(16)8-10-5-6-11-3-1-2-4-12(11)7-10/h1-4,9-10H,5-8H2,(H,14,15,16). The molecule has 2 rings (SSSR count). The first-order valence-electron chi connectivity index (χ1n) is 5.59. The largest absolute Gasteiger partial charge is 0.299 e. The Morgan fingerprint density at radius 3 is 2.88 bits per heavy atom. The maximum atomic E-state index is 11.3. The maximum Gasteiger partial charge on any atom is 0.226 e. The van der Waals surface area contributed by atoms with Crippen molar-refractivity contribution in [2.24, 2.45) is 5.92 Å². The third-order valence-electron chi connectivity index (χ3n) is 3.14. The van der Waals surface area contributed by atoms with E-state index in [4.69, 9.17) is 0 Å². The first kappa shape index (κ1) is 10.9. The van der Waals surface area contributed by atoms with Crippen LogP contribution >= 0.6 is 0 Å². The molecular weight excluding hydrogens is 202 g/mol. The van der Waals surface area contributed by atoms with Crippen LogP contribution in [0.3, 0.4) is 0 Å². The number of aryl methyl sites for hydroxylation is 1. The van der Waals surface area contributed by atoms with Crippen LogP contribution in [0.15, 0.2) is 24.3 Å². The van der Waals surface area contributed by atoms with E-state index in [2.05, 4.69) is 23.5 Å². The van der Waals surface area contributed by atoms with Gasteiger partial charge in [0.25, 0.3) is 0 Å². The van der Waals surface area contributed by atoms with Gasteiger partial charge in [-0.2, -0.15) is 0 Å². The van der Waals surface area contributed by atoms with Gasteiger partial charge in [-0.3, -0.25) is 14.9 Å². The van der Waals surface area contributed by atoms with E-state index < -0.39 is 0 Å². The number of nitrogens with one attached hydrogen (secondary N) is 1. The van der Waals surface area contributed by atoms with Crippen LogP contribution in [0.2, 0.25) is 0 Å². The minimum Gasteiger partial charge on any atom is -0.299 e. The maximum absolute atomic E-state index is 11.3. The second-order valence-electron chi connectivity index (χ2n) is 4.27. The molecule has 1 unspecified atom stereocenters. The molecule has 1 aliphatic carbocycles. The highest BCUT2D eigenvalue weighted by molar-refractivity contribution is 5.85. The molecule has 0 fully saturated rings. The molecule has 0 radical (unpaired) electrons. The molecule has 3 nitrogen and oxygen atoms in total. The van der Waals surface area contributed by atoms with Gasteiger partial charge in [-0.1, -0.05) is 24.3 Å². The molecule has 0 heterocycles. The smallest absolute Gasteiger partial charge is 0.226 e. The highest BCUT2D eigenvalue weighted by Crippen LogP contribution is 2.27. The molecule has 1 aliphatic rings. The Balaban J connectivity index is 1.97. The summed E-state index contributed by atoms with van der Waals surface area (Å²) in [7, 11) is 0. The van der Waals surface area contributed by atoms with Gasteiger partial charge in [0.1, 0.15) is 0 Å². The topological polar surface area (TPSA) is 46.2 Å². The molecule has 84 valence electrons. The molecule has 0 aromatic heterocycles. The zero-order valence-corrected chi connectivity index (χ0v) is 9.11. The second kappa shape index (κ2) is 4.92. The van der Waals surface area contributed by atoms with Crippen molar-refractivity contribution in [2.75, 3.05) is 0 Å². The number of carbonyl (C=O) groups is 2. The summed E-state index contributed by atoms with van der Waals surface area (Å²) in [5.41, 5.74) is 2.74. The molecule has 1 atom stereocenters. The van der Waals surface area contributed by atoms with E-state index in [1.165, 1.54) is 11.1 Å². The van der Waals surface area contributed by atoms with Crippen LogP contribution < -0.4 is 5.32 Å². The third kappa shape index (κ3) is 2.48. The third-order valence-corrected chi connectivity index (χ3v) is 3.14. The summed E-state index contributed by atoms with van der Waals surface area (Å²) in [5, 5.41) is 2.20. The van der Waals surface area contributed by atoms with Crippen LogP contribution in [0.25, 0.3) is 0 Å². The fourth-order valence-electron chi connectivity index (χ4n) is 2.33. The minimum absolute atomic E-state index is 0.167. The predicted molar refractivity (Wildman–Crippen MR) is 60.8 cm³/mol. The lowest BCUT2D eigenvalue weighted by Gasteiger charge is -2.23. The molecule has 0 spiro atoms. The van der Waals surface area contributed by atoms with E-state index in [9.17, 15) is 9.59 Å². The normalized spacial score (nSPS) is 18.6. The zero-order valence-electron chi connectivity index (χ0n) is 9.11. The molecular formula is C13H15NO2. The number of carbonyl (C=O) groups excluding carboxylic acids is 2. The van der Waals surface area contributed by atoms with Gasteiger partial charge < -0.3 is 0 Å². The lowest BCUT2D eigenvalue weighted by Crippen LogP contribution is -2.26. The molecule has 3 heteroatoms. The van der Waals surface area contributed by atoms with Gasteiger partial charge in [0.15, 0.2) is 0 Å². The summed E-state index contributed by atoms with van der Waals surface area (Å²) < 4.78 is 0. The van der Waals surface area contributed by atoms with Crippen LogP contribution in [0.1, 0.15) is 24.0 Å². The minimum atomic E-state index is -0.167. The highest BCUT2D eigenvalue weighted by atomic mass is 16.2. The fourth-order valence-corrected chi connectivity index (χ4v) is 2.33. The van der Waals surface area contributed by atoms with E-state index in [0.717, 1.165) is 19.3 Å². The number of benzene rings is 1. The highest BCUT2D eigenvalue weighted by Gasteiger charge is 2.20. The van der Waals surface area contributed by atoms with Crippen molar-refractivity contribution in [3.63, 3.8) is 0 Å². The van der Waals surface area contributed by atoms with Crippen molar-refractivity contribution < 1.29 is 9.59 Å². The SMILES string of the molecule is O=CNC(=O)CC1CCc2ccccc2C1. The molecule has 0 saturated carbocycles. The monoisotopic (exact) mass is 217 g/mol. The van der Waals surface area contributed by atoms with Crippen LogP contribution in [-0.4, -0.2) is 12.3 Å². The molecule has 2 amide bonds. The summed E-state index contributed by atoms with van der Waals surface area (Å²) in [6.07, 6.45) is 3.92. The van der Waals surface area contributed by atoms with Gasteiger partial charge >= 0.3 is 0 Å². The van der Waals surface area contributed by atoms with Crippen molar-refractivity contribution in [3.8, 4) is 0 Å². The molecule has 1 aromatic rings. The van der Waals surface area contributed by atoms with E-state index >= 15 is 0 Å². The van der Waals surface area contributed by atoms with E-state index in [1.807, 2.05) is 6.07 Å². The van der Waals surface area contributed by atoms with Gasteiger partial charge in [-0.15, -0.1) is 0 Å². The number of fused-ring (bicyclic) bond motifs is 1. The average Bonchev–Trinajstić information content (AvgIpc) is 2.29. The van der Waals surface area contributed by atoms with Gasteiger partial charge in [0.05, 0.1) is 0 Å². The Hall–Kier alpha value is -1.64.